The van der Waals surface area contributed by atoms with E-state index in [1.165, 1.54) is 19.2 Å². The highest BCUT2D eigenvalue weighted by Gasteiger charge is 2.24. The van der Waals surface area contributed by atoms with Crippen LogP contribution in [-0.4, -0.2) is 38.1 Å². The van der Waals surface area contributed by atoms with Gasteiger partial charge in [-0.3, -0.25) is 18.5 Å². The lowest BCUT2D eigenvalue weighted by Crippen LogP contribution is -2.49. The monoisotopic (exact) mass is 499 g/mol. The molecule has 0 aliphatic rings. The lowest BCUT2D eigenvalue weighted by molar-refractivity contribution is -0.339. The van der Waals surface area contributed by atoms with Crippen molar-refractivity contribution in [3.05, 3.63) is 65.7 Å². The first-order chi connectivity index (χ1) is 15.5. The van der Waals surface area contributed by atoms with Crippen molar-refractivity contribution in [1.82, 2.24) is 10.6 Å². The van der Waals surface area contributed by atoms with Gasteiger partial charge in [-0.2, -0.15) is 0 Å². The van der Waals surface area contributed by atoms with E-state index < -0.39 is 40.1 Å². The number of hydrogen-bond donors (Lipinski definition) is 2. The van der Waals surface area contributed by atoms with Crippen LogP contribution < -0.4 is 30.1 Å². The predicted molar refractivity (Wildman–Crippen MR) is 110 cm³/mol. The van der Waals surface area contributed by atoms with Gasteiger partial charge in [-0.1, -0.05) is 30.3 Å². The number of benzene rings is 2. The summed E-state index contributed by atoms with van der Waals surface area (Å²) < 4.78 is 34.8. The fourth-order valence-electron chi connectivity index (χ4n) is 2.57. The third kappa shape index (κ3) is 9.85. The topological polar surface area (TPSA) is 189 Å². The quantitative estimate of drug-likeness (QED) is 0.360. The Morgan fingerprint density at radius 1 is 1.00 bits per heavy atom. The maximum absolute atomic E-state index is 12.6. The number of phosphoric ester groups is 1. The van der Waals surface area contributed by atoms with E-state index in [2.05, 4.69) is 19.5 Å². The number of rotatable bonds is 12. The highest BCUT2D eigenvalue weighted by molar-refractivity contribution is 7.58. The van der Waals surface area contributed by atoms with Crippen molar-refractivity contribution in [2.24, 2.45) is 0 Å². The zero-order chi connectivity index (χ0) is 24.5. The van der Waals surface area contributed by atoms with Gasteiger partial charge in [0.2, 0.25) is 5.91 Å². The Balaban J connectivity index is 2.02. The van der Waals surface area contributed by atoms with Gasteiger partial charge in [0.15, 0.2) is 0 Å². The molecule has 33 heavy (non-hydrogen) atoms. The summed E-state index contributed by atoms with van der Waals surface area (Å²) in [6.07, 6.45) is 0.411. The fraction of sp³-hybridized carbons (Fsp3) is 0.263. The second-order valence-electron chi connectivity index (χ2n) is 6.55. The molecular formula is C19H21N2O10P2-3. The minimum absolute atomic E-state index is 0.130. The molecule has 0 aliphatic carbocycles. The maximum Gasteiger partial charge on any atom is 0.271 e. The third-order valence-electron chi connectivity index (χ3n) is 4.13. The van der Waals surface area contributed by atoms with Crippen LogP contribution in [0.2, 0.25) is 0 Å². The molecule has 0 saturated carbocycles. The van der Waals surface area contributed by atoms with Crippen LogP contribution in [-0.2, 0) is 29.2 Å². The Morgan fingerprint density at radius 3 is 2.21 bits per heavy atom. The molecule has 0 bridgehead atoms. The standard InChI is InChI=1S/C19H24N2O10P2/c1-29-16-9-7-14(8-10-16)11-12-20-19(23)17(13-30-33(27,28)31-32(24,25)26)21-18(22)15-5-3-2-4-6-15/h2-10,17H,11-13H2,1H3,(H,20,23)(H,21,22)(H,27,28)(H2,24,25,26)/p-3/t17-/m0/s1. The van der Waals surface area contributed by atoms with E-state index in [1.807, 2.05) is 0 Å². The molecule has 0 fully saturated rings. The van der Waals surface area contributed by atoms with E-state index >= 15 is 0 Å². The molecule has 0 radical (unpaired) electrons. The molecule has 2 aromatic carbocycles. The fourth-order valence-corrected chi connectivity index (χ4v) is 4.07. The molecule has 2 N–H and O–H groups in total. The van der Waals surface area contributed by atoms with E-state index in [1.54, 1.807) is 42.5 Å². The summed E-state index contributed by atoms with van der Waals surface area (Å²) in [7, 11) is -9.96. The van der Waals surface area contributed by atoms with E-state index in [-0.39, 0.29) is 12.1 Å². The van der Waals surface area contributed by atoms with Crippen LogP contribution >= 0.6 is 15.6 Å². The molecule has 1 unspecified atom stereocenters. The van der Waals surface area contributed by atoms with Gasteiger partial charge in [0, 0.05) is 12.1 Å². The molecule has 0 heterocycles. The van der Waals surface area contributed by atoms with Gasteiger partial charge < -0.3 is 39.1 Å². The minimum atomic E-state index is -5.90. The average molecular weight is 499 g/mol. The first kappa shape index (κ1) is 26.7. The molecular weight excluding hydrogens is 478 g/mol. The molecule has 0 aliphatic heterocycles. The Bertz CT molecular complexity index is 1030. The summed E-state index contributed by atoms with van der Waals surface area (Å²) in [5.74, 6) is -0.858. The summed E-state index contributed by atoms with van der Waals surface area (Å²) >= 11 is 0. The summed E-state index contributed by atoms with van der Waals surface area (Å²) in [6, 6.07) is 13.3. The molecule has 2 amide bonds. The molecule has 0 saturated heterocycles. The Morgan fingerprint density at radius 2 is 1.64 bits per heavy atom. The summed E-state index contributed by atoms with van der Waals surface area (Å²) in [4.78, 5) is 57.6. The van der Waals surface area contributed by atoms with Gasteiger partial charge in [-0.25, -0.2) is 0 Å². The lowest BCUT2D eigenvalue weighted by Gasteiger charge is -2.35. The Hall–Kier alpha value is -2.56. The minimum Gasteiger partial charge on any atom is -0.790 e. The van der Waals surface area contributed by atoms with E-state index in [4.69, 9.17) is 4.74 Å². The largest absolute Gasteiger partial charge is 0.790 e. The van der Waals surface area contributed by atoms with Crippen LogP contribution in [0.15, 0.2) is 54.6 Å². The number of amides is 2. The lowest BCUT2D eigenvalue weighted by atomic mass is 10.1. The third-order valence-corrected chi connectivity index (χ3v) is 6.19. The van der Waals surface area contributed by atoms with Gasteiger partial charge >= 0.3 is 0 Å². The number of carbonyl (C=O) groups excluding carboxylic acids is 2. The molecule has 2 atom stereocenters. The van der Waals surface area contributed by atoms with Gasteiger partial charge in [0.25, 0.3) is 13.7 Å². The van der Waals surface area contributed by atoms with Crippen molar-refractivity contribution < 1.29 is 47.0 Å². The van der Waals surface area contributed by atoms with Crippen LogP contribution in [0.25, 0.3) is 0 Å². The van der Waals surface area contributed by atoms with Gasteiger partial charge in [0.05, 0.1) is 21.5 Å². The molecule has 0 spiro atoms. The second kappa shape index (κ2) is 12.1. The van der Waals surface area contributed by atoms with Crippen LogP contribution in [0.4, 0.5) is 0 Å². The number of ether oxygens (including phenoxy) is 1. The van der Waals surface area contributed by atoms with Crippen molar-refractivity contribution in [3.63, 3.8) is 0 Å². The van der Waals surface area contributed by atoms with Crippen molar-refractivity contribution >= 4 is 27.5 Å². The zero-order valence-electron chi connectivity index (χ0n) is 17.4. The number of carbonyl (C=O) groups is 2. The van der Waals surface area contributed by atoms with Crippen molar-refractivity contribution in [3.8, 4) is 5.75 Å². The molecule has 0 aromatic heterocycles. The number of hydrogen-bond acceptors (Lipinski definition) is 10. The van der Waals surface area contributed by atoms with E-state index in [0.29, 0.717) is 12.2 Å². The molecule has 12 nitrogen and oxygen atoms in total. The molecule has 14 heteroatoms. The van der Waals surface area contributed by atoms with Crippen LogP contribution in [0, 0.1) is 0 Å². The van der Waals surface area contributed by atoms with Crippen LogP contribution in [0.3, 0.4) is 0 Å². The normalized spacial score (nSPS) is 14.1. The number of nitrogens with one attached hydrogen (secondary N) is 2. The summed E-state index contributed by atoms with van der Waals surface area (Å²) in [5, 5.41) is 4.82. The van der Waals surface area contributed by atoms with Crippen molar-refractivity contribution in [1.29, 1.82) is 0 Å². The van der Waals surface area contributed by atoms with Gasteiger partial charge in [-0.15, -0.1) is 0 Å². The summed E-state index contributed by atoms with van der Waals surface area (Å²) in [5.41, 5.74) is 1.05. The van der Waals surface area contributed by atoms with Crippen molar-refractivity contribution in [2.45, 2.75) is 12.5 Å². The number of methoxy groups -OCH3 is 1. The van der Waals surface area contributed by atoms with Crippen LogP contribution in [0.1, 0.15) is 15.9 Å². The molecule has 2 aromatic rings. The first-order valence-corrected chi connectivity index (χ1v) is 12.4. The molecule has 2 rings (SSSR count). The second-order valence-corrected chi connectivity index (χ2v) is 9.25. The van der Waals surface area contributed by atoms with Gasteiger partial charge in [0.1, 0.15) is 11.8 Å². The smallest absolute Gasteiger partial charge is 0.271 e. The molecule has 180 valence electrons. The van der Waals surface area contributed by atoms with Gasteiger partial charge in [-0.05, 0) is 36.2 Å². The predicted octanol–water partition coefficient (Wildman–Crippen LogP) is -0.517. The van der Waals surface area contributed by atoms with Crippen LogP contribution in [0.5, 0.6) is 5.75 Å². The Kier molecular flexibility index (Phi) is 9.75. The van der Waals surface area contributed by atoms with E-state index in [0.717, 1.165) is 5.56 Å². The zero-order valence-corrected chi connectivity index (χ0v) is 19.2. The average Bonchev–Trinajstić information content (AvgIpc) is 2.75. The highest BCUT2D eigenvalue weighted by atomic mass is 31.3. The maximum atomic E-state index is 12.6. The highest BCUT2D eigenvalue weighted by Crippen LogP contribution is 2.50. The summed E-state index contributed by atoms with van der Waals surface area (Å²) in [6.45, 7) is -0.877. The van der Waals surface area contributed by atoms with E-state index in [9.17, 15) is 33.4 Å². The number of phosphoric acid groups is 2. The SMILES string of the molecule is COc1ccc(CCNC(=O)[C@H](COP(=O)([O-])OP(=O)([O-])[O-])NC(=O)c2ccccc2)cc1. The Labute approximate surface area is 189 Å². The first-order valence-electron chi connectivity index (χ1n) is 9.44. The van der Waals surface area contributed by atoms with Crippen molar-refractivity contribution in [2.75, 3.05) is 20.3 Å².